The maximum absolute atomic E-state index is 6.21. The summed E-state index contributed by atoms with van der Waals surface area (Å²) >= 11 is 6.21. The fraction of sp³-hybridized carbons (Fsp3) is 0.667. The van der Waals surface area contributed by atoms with Gasteiger partial charge in [0, 0.05) is 27.3 Å². The Hall–Kier alpha value is -0.880. The van der Waals surface area contributed by atoms with E-state index in [1.54, 1.807) is 14.2 Å². The minimum Gasteiger partial charge on any atom is -0.383 e. The molecule has 5 nitrogen and oxygen atoms in total. The summed E-state index contributed by atoms with van der Waals surface area (Å²) in [4.78, 5) is 6.87. The first-order valence-electron chi connectivity index (χ1n) is 7.24. The molecule has 0 spiro atoms. The van der Waals surface area contributed by atoms with E-state index in [0.29, 0.717) is 24.8 Å². The SMILES string of the molecule is CCNCc1nc(N(CCOC)C(C)COC)ccc1Cl. The third kappa shape index (κ3) is 5.79. The van der Waals surface area contributed by atoms with Crippen LogP contribution in [0.25, 0.3) is 0 Å². The molecule has 0 aliphatic rings. The lowest BCUT2D eigenvalue weighted by Gasteiger charge is -2.30. The number of pyridine rings is 1. The predicted octanol–water partition coefficient (Wildman–Crippen LogP) is 2.33. The smallest absolute Gasteiger partial charge is 0.129 e. The molecule has 0 bridgehead atoms. The van der Waals surface area contributed by atoms with Crippen LogP contribution in [0.3, 0.4) is 0 Å². The average molecular weight is 316 g/mol. The van der Waals surface area contributed by atoms with Gasteiger partial charge in [-0.2, -0.15) is 0 Å². The van der Waals surface area contributed by atoms with E-state index in [1.807, 2.05) is 12.1 Å². The highest BCUT2D eigenvalue weighted by Gasteiger charge is 2.16. The largest absolute Gasteiger partial charge is 0.383 e. The number of methoxy groups -OCH3 is 2. The summed E-state index contributed by atoms with van der Waals surface area (Å²) in [5.41, 5.74) is 0.864. The van der Waals surface area contributed by atoms with E-state index in [1.165, 1.54) is 0 Å². The normalized spacial score (nSPS) is 12.4. The third-order valence-electron chi connectivity index (χ3n) is 3.22. The molecular formula is C15H26ClN3O2. The van der Waals surface area contributed by atoms with Crippen molar-refractivity contribution in [3.63, 3.8) is 0 Å². The van der Waals surface area contributed by atoms with Gasteiger partial charge in [-0.15, -0.1) is 0 Å². The van der Waals surface area contributed by atoms with E-state index in [-0.39, 0.29) is 6.04 Å². The maximum atomic E-state index is 6.21. The van der Waals surface area contributed by atoms with Crippen molar-refractivity contribution in [1.29, 1.82) is 0 Å². The van der Waals surface area contributed by atoms with Gasteiger partial charge in [0.05, 0.1) is 30.0 Å². The highest BCUT2D eigenvalue weighted by molar-refractivity contribution is 6.31. The Morgan fingerprint density at radius 2 is 2.10 bits per heavy atom. The van der Waals surface area contributed by atoms with Gasteiger partial charge in [0.15, 0.2) is 0 Å². The zero-order valence-electron chi connectivity index (χ0n) is 13.4. The van der Waals surface area contributed by atoms with Crippen LogP contribution in [-0.2, 0) is 16.0 Å². The van der Waals surface area contributed by atoms with E-state index in [4.69, 9.17) is 21.1 Å². The Bertz CT molecular complexity index is 418. The molecule has 1 atom stereocenters. The Balaban J connectivity index is 2.94. The van der Waals surface area contributed by atoms with Crippen molar-refractivity contribution < 1.29 is 9.47 Å². The number of anilines is 1. The fourth-order valence-electron chi connectivity index (χ4n) is 2.08. The van der Waals surface area contributed by atoms with E-state index in [2.05, 4.69) is 29.0 Å². The Morgan fingerprint density at radius 1 is 1.33 bits per heavy atom. The van der Waals surface area contributed by atoms with Gasteiger partial charge in [0.2, 0.25) is 0 Å². The molecule has 0 aromatic carbocycles. The average Bonchev–Trinajstić information content (AvgIpc) is 2.48. The predicted molar refractivity (Wildman–Crippen MR) is 87.2 cm³/mol. The van der Waals surface area contributed by atoms with Crippen LogP contribution < -0.4 is 10.2 Å². The van der Waals surface area contributed by atoms with Crippen molar-refractivity contribution >= 4 is 17.4 Å². The third-order valence-corrected chi connectivity index (χ3v) is 3.56. The molecule has 0 aliphatic carbocycles. The van der Waals surface area contributed by atoms with Crippen LogP contribution in [0.2, 0.25) is 5.02 Å². The van der Waals surface area contributed by atoms with Gasteiger partial charge in [-0.05, 0) is 25.6 Å². The molecule has 6 heteroatoms. The Morgan fingerprint density at radius 3 is 2.71 bits per heavy atom. The molecule has 1 rings (SSSR count). The molecule has 0 radical (unpaired) electrons. The molecule has 120 valence electrons. The highest BCUT2D eigenvalue weighted by atomic mass is 35.5. The lowest BCUT2D eigenvalue weighted by molar-refractivity contribution is 0.170. The van der Waals surface area contributed by atoms with Crippen molar-refractivity contribution in [2.24, 2.45) is 0 Å². The van der Waals surface area contributed by atoms with Gasteiger partial charge in [-0.3, -0.25) is 0 Å². The molecule has 0 aliphatic heterocycles. The van der Waals surface area contributed by atoms with Crippen LogP contribution in [0.5, 0.6) is 0 Å². The van der Waals surface area contributed by atoms with Crippen LogP contribution in [0.4, 0.5) is 5.82 Å². The van der Waals surface area contributed by atoms with Crippen molar-refractivity contribution in [3.05, 3.63) is 22.8 Å². The zero-order valence-corrected chi connectivity index (χ0v) is 14.1. The van der Waals surface area contributed by atoms with Crippen LogP contribution in [-0.4, -0.2) is 51.5 Å². The minimum absolute atomic E-state index is 0.214. The maximum Gasteiger partial charge on any atom is 0.129 e. The van der Waals surface area contributed by atoms with Crippen molar-refractivity contribution in [2.75, 3.05) is 45.4 Å². The Kier molecular flexibility index (Phi) is 8.61. The summed E-state index contributed by atoms with van der Waals surface area (Å²) < 4.78 is 10.4. The summed E-state index contributed by atoms with van der Waals surface area (Å²) in [7, 11) is 3.40. The van der Waals surface area contributed by atoms with Crippen LogP contribution in [0, 0.1) is 0 Å². The fourth-order valence-corrected chi connectivity index (χ4v) is 2.25. The van der Waals surface area contributed by atoms with E-state index in [9.17, 15) is 0 Å². The first-order valence-corrected chi connectivity index (χ1v) is 7.62. The molecule has 1 unspecified atom stereocenters. The lowest BCUT2D eigenvalue weighted by atomic mass is 10.2. The number of nitrogens with one attached hydrogen (secondary N) is 1. The topological polar surface area (TPSA) is 46.6 Å². The zero-order chi connectivity index (χ0) is 15.7. The second-order valence-corrected chi connectivity index (χ2v) is 5.28. The molecule has 1 aromatic heterocycles. The van der Waals surface area contributed by atoms with Gasteiger partial charge in [-0.25, -0.2) is 4.98 Å². The summed E-state index contributed by atoms with van der Waals surface area (Å²) in [6, 6.07) is 4.06. The molecule has 1 aromatic rings. The van der Waals surface area contributed by atoms with Gasteiger partial charge in [-0.1, -0.05) is 18.5 Å². The van der Waals surface area contributed by atoms with Crippen molar-refractivity contribution in [2.45, 2.75) is 26.4 Å². The van der Waals surface area contributed by atoms with E-state index < -0.39 is 0 Å². The second-order valence-electron chi connectivity index (χ2n) is 4.87. The molecule has 0 saturated heterocycles. The second kappa shape index (κ2) is 9.95. The molecule has 0 saturated carbocycles. The number of hydrogen-bond acceptors (Lipinski definition) is 5. The molecule has 1 heterocycles. The minimum atomic E-state index is 0.214. The summed E-state index contributed by atoms with van der Waals surface area (Å²) in [6.07, 6.45) is 0. The standard InChI is InChI=1S/C15H26ClN3O2/c1-5-17-10-14-13(16)6-7-15(18-14)19(8-9-20-3)12(2)11-21-4/h6-7,12,17H,5,8-11H2,1-4H3. The van der Waals surface area contributed by atoms with Crippen molar-refractivity contribution in [1.82, 2.24) is 10.3 Å². The first kappa shape index (κ1) is 18.2. The monoisotopic (exact) mass is 315 g/mol. The number of ether oxygens (including phenoxy) is 2. The summed E-state index contributed by atoms with van der Waals surface area (Å²) in [5.74, 6) is 0.897. The molecule has 0 fully saturated rings. The van der Waals surface area contributed by atoms with Gasteiger partial charge >= 0.3 is 0 Å². The number of halogens is 1. The van der Waals surface area contributed by atoms with E-state index in [0.717, 1.165) is 24.6 Å². The van der Waals surface area contributed by atoms with Gasteiger partial charge in [0.1, 0.15) is 5.82 Å². The number of rotatable bonds is 10. The first-order chi connectivity index (χ1) is 10.1. The number of aromatic nitrogens is 1. The number of hydrogen-bond donors (Lipinski definition) is 1. The molecule has 0 amide bonds. The summed E-state index contributed by atoms with van der Waals surface area (Å²) in [5, 5.41) is 3.94. The van der Waals surface area contributed by atoms with Gasteiger partial charge in [0.25, 0.3) is 0 Å². The highest BCUT2D eigenvalue weighted by Crippen LogP contribution is 2.21. The Labute approximate surface area is 132 Å². The van der Waals surface area contributed by atoms with Crippen molar-refractivity contribution in [3.8, 4) is 0 Å². The van der Waals surface area contributed by atoms with Crippen LogP contribution in [0.1, 0.15) is 19.5 Å². The van der Waals surface area contributed by atoms with E-state index >= 15 is 0 Å². The summed E-state index contributed by atoms with van der Waals surface area (Å²) in [6.45, 7) is 7.76. The molecular weight excluding hydrogens is 290 g/mol. The number of nitrogens with zero attached hydrogens (tertiary/aromatic N) is 2. The van der Waals surface area contributed by atoms with Crippen LogP contribution in [0.15, 0.2) is 12.1 Å². The van der Waals surface area contributed by atoms with Gasteiger partial charge < -0.3 is 19.7 Å². The lowest BCUT2D eigenvalue weighted by Crippen LogP contribution is -2.39. The quantitative estimate of drug-likeness (QED) is 0.718. The van der Waals surface area contributed by atoms with Crippen LogP contribution >= 0.6 is 11.6 Å². The molecule has 21 heavy (non-hydrogen) atoms. The molecule has 1 N–H and O–H groups in total.